The van der Waals surface area contributed by atoms with E-state index in [2.05, 4.69) is 6.92 Å². The van der Waals surface area contributed by atoms with Crippen LogP contribution in [0.15, 0.2) is 0 Å². The predicted molar refractivity (Wildman–Crippen MR) is 57.6 cm³/mol. The van der Waals surface area contributed by atoms with E-state index in [4.69, 9.17) is 34.8 Å². The van der Waals surface area contributed by atoms with Crippen LogP contribution in [0, 0.1) is 0 Å². The Balaban J connectivity index is 0. The minimum atomic E-state index is 0. The minimum Gasteiger partial charge on any atom is -1.00 e. The van der Waals surface area contributed by atoms with E-state index in [0.717, 1.165) is 30.7 Å². The molecule has 5 heteroatoms. The summed E-state index contributed by atoms with van der Waals surface area (Å²) in [5.41, 5.74) is 0. The zero-order valence-corrected chi connectivity index (χ0v) is 10.9. The molecule has 82 valence electrons. The third-order valence-electron chi connectivity index (χ3n) is 2.35. The van der Waals surface area contributed by atoms with Gasteiger partial charge in [-0.05, 0) is 6.92 Å². The summed E-state index contributed by atoms with van der Waals surface area (Å²) in [5, 5.41) is 0. The Morgan fingerprint density at radius 2 is 1.15 bits per heavy atom. The molecule has 0 aromatic rings. The molecule has 0 heterocycles. The molecule has 0 aliphatic rings. The van der Waals surface area contributed by atoms with Gasteiger partial charge in [0.25, 0.3) is 0 Å². The highest BCUT2D eigenvalue weighted by Crippen LogP contribution is 2.08. The van der Waals surface area contributed by atoms with Gasteiger partial charge in [-0.1, -0.05) is 0 Å². The molecule has 0 aromatic heterocycles. The Labute approximate surface area is 102 Å². The maximum absolute atomic E-state index is 5.73. The summed E-state index contributed by atoms with van der Waals surface area (Å²) in [6, 6.07) is 0. The minimum absolute atomic E-state index is 0. The first-order valence-corrected chi connectivity index (χ1v) is 5.88. The van der Waals surface area contributed by atoms with Gasteiger partial charge in [-0.2, -0.15) is 0 Å². The fourth-order valence-corrected chi connectivity index (χ4v) is 2.42. The monoisotopic (exact) mass is 267 g/mol. The molecule has 0 aromatic carbocycles. The van der Waals surface area contributed by atoms with Crippen molar-refractivity contribution in [2.45, 2.75) is 6.92 Å². The van der Waals surface area contributed by atoms with Gasteiger partial charge in [0.15, 0.2) is 0 Å². The van der Waals surface area contributed by atoms with E-state index >= 15 is 0 Å². The first-order chi connectivity index (χ1) is 5.74. The lowest BCUT2D eigenvalue weighted by atomic mass is 10.3. The number of halogens is 4. The van der Waals surface area contributed by atoms with Crippen molar-refractivity contribution in [3.05, 3.63) is 0 Å². The maximum atomic E-state index is 5.73. The first kappa shape index (κ1) is 16.5. The average molecular weight is 269 g/mol. The average Bonchev–Trinajstić information content (AvgIpc) is 2.06. The largest absolute Gasteiger partial charge is 1.00 e. The van der Waals surface area contributed by atoms with Crippen molar-refractivity contribution in [3.8, 4) is 0 Å². The first-order valence-electron chi connectivity index (χ1n) is 4.27. The molecule has 0 rings (SSSR count). The summed E-state index contributed by atoms with van der Waals surface area (Å²) in [5.74, 6) is 2.05. The van der Waals surface area contributed by atoms with Gasteiger partial charge in [0, 0.05) is 0 Å². The fourth-order valence-electron chi connectivity index (χ4n) is 1.35. The summed E-state index contributed by atoms with van der Waals surface area (Å²) in [6.07, 6.45) is 0. The third kappa shape index (κ3) is 6.24. The lowest BCUT2D eigenvalue weighted by Gasteiger charge is -2.36. The summed E-state index contributed by atoms with van der Waals surface area (Å²) in [6.45, 7) is 6.13. The number of alkyl halides is 3. The number of nitrogens with zero attached hydrogens (tertiary/aromatic N) is 1. The molecule has 0 fully saturated rings. The van der Waals surface area contributed by atoms with Gasteiger partial charge in [0.2, 0.25) is 0 Å². The summed E-state index contributed by atoms with van der Waals surface area (Å²) < 4.78 is 0.955. The molecule has 0 aliphatic carbocycles. The number of hydrogen-bond acceptors (Lipinski definition) is 0. The van der Waals surface area contributed by atoms with E-state index in [1.165, 1.54) is 0 Å². The van der Waals surface area contributed by atoms with Crippen LogP contribution in [-0.4, -0.2) is 48.3 Å². The fraction of sp³-hybridized carbons (Fsp3) is 1.00. The molecule has 0 bridgehead atoms. The Hall–Kier alpha value is 1.12. The predicted octanol–water partition coefficient (Wildman–Crippen LogP) is -0.456. The van der Waals surface area contributed by atoms with Gasteiger partial charge in [-0.25, -0.2) is 0 Å². The van der Waals surface area contributed by atoms with Crippen LogP contribution in [0.1, 0.15) is 6.92 Å². The molecule has 0 spiro atoms. The molecule has 0 radical (unpaired) electrons. The highest BCUT2D eigenvalue weighted by molar-refractivity contribution is 6.18. The molecule has 0 unspecified atom stereocenters. The van der Waals surface area contributed by atoms with Crippen molar-refractivity contribution in [3.63, 3.8) is 0 Å². The molecule has 0 aliphatic heterocycles. The van der Waals surface area contributed by atoms with Gasteiger partial charge in [-0.15, -0.1) is 34.8 Å². The van der Waals surface area contributed by atoms with E-state index in [9.17, 15) is 0 Å². The second kappa shape index (κ2) is 9.67. The van der Waals surface area contributed by atoms with Crippen LogP contribution < -0.4 is 12.4 Å². The van der Waals surface area contributed by atoms with Gasteiger partial charge >= 0.3 is 0 Å². The van der Waals surface area contributed by atoms with E-state index in [-0.39, 0.29) is 12.4 Å². The van der Waals surface area contributed by atoms with Crippen LogP contribution in [-0.2, 0) is 0 Å². The SMILES string of the molecule is CC[N+](CCCl)(CCCl)CCCl.[Cl-]. The lowest BCUT2D eigenvalue weighted by molar-refractivity contribution is -0.919. The van der Waals surface area contributed by atoms with Crippen LogP contribution >= 0.6 is 34.8 Å². The standard InChI is InChI=1S/C8H17Cl3N.ClH/c1-2-12(6-3-9,7-4-10)8-5-11;/h2-8H2,1H3;1H/q+1;/p-1. The van der Waals surface area contributed by atoms with Crippen molar-refractivity contribution in [2.75, 3.05) is 43.8 Å². The third-order valence-corrected chi connectivity index (χ3v) is 2.85. The smallest absolute Gasteiger partial charge is 0.0924 e. The topological polar surface area (TPSA) is 0 Å². The molecular weight excluding hydrogens is 252 g/mol. The summed E-state index contributed by atoms with van der Waals surface area (Å²) >= 11 is 17.2. The molecule has 1 nitrogen and oxygen atoms in total. The molecule has 13 heavy (non-hydrogen) atoms. The molecule has 0 saturated heterocycles. The van der Waals surface area contributed by atoms with Gasteiger partial charge in [0.1, 0.15) is 0 Å². The van der Waals surface area contributed by atoms with Crippen molar-refractivity contribution in [2.24, 2.45) is 0 Å². The lowest BCUT2D eigenvalue weighted by Crippen LogP contribution is -3.00. The van der Waals surface area contributed by atoms with Gasteiger partial charge in [-0.3, -0.25) is 0 Å². The Kier molecular flexibility index (Phi) is 12.3. The molecule has 0 amide bonds. The Morgan fingerprint density at radius 3 is 1.31 bits per heavy atom. The number of quaternary nitrogens is 1. The van der Waals surface area contributed by atoms with Crippen LogP contribution in [0.4, 0.5) is 0 Å². The van der Waals surface area contributed by atoms with Crippen molar-refractivity contribution >= 4 is 34.8 Å². The van der Waals surface area contributed by atoms with Gasteiger partial charge in [0.05, 0.1) is 43.8 Å². The zero-order valence-electron chi connectivity index (χ0n) is 7.91. The highest BCUT2D eigenvalue weighted by atomic mass is 35.5. The zero-order chi connectivity index (χ0) is 9.45. The summed E-state index contributed by atoms with van der Waals surface area (Å²) in [4.78, 5) is 0. The molecule has 0 saturated carbocycles. The Bertz CT molecular complexity index is 93.3. The van der Waals surface area contributed by atoms with E-state index in [1.807, 2.05) is 0 Å². The summed E-state index contributed by atoms with van der Waals surface area (Å²) in [7, 11) is 0. The van der Waals surface area contributed by atoms with E-state index < -0.39 is 0 Å². The van der Waals surface area contributed by atoms with Crippen LogP contribution in [0.2, 0.25) is 0 Å². The Morgan fingerprint density at radius 1 is 0.846 bits per heavy atom. The van der Waals surface area contributed by atoms with Crippen LogP contribution in [0.25, 0.3) is 0 Å². The van der Waals surface area contributed by atoms with E-state index in [0.29, 0.717) is 17.6 Å². The number of hydrogen-bond donors (Lipinski definition) is 0. The molecule has 0 atom stereocenters. The maximum Gasteiger partial charge on any atom is 0.0924 e. The second-order valence-corrected chi connectivity index (χ2v) is 4.03. The second-order valence-electron chi connectivity index (χ2n) is 2.90. The molecule has 0 N–H and O–H groups in total. The highest BCUT2D eigenvalue weighted by Gasteiger charge is 2.22. The van der Waals surface area contributed by atoms with E-state index in [1.54, 1.807) is 0 Å². The van der Waals surface area contributed by atoms with Crippen molar-refractivity contribution in [1.29, 1.82) is 0 Å². The van der Waals surface area contributed by atoms with Crippen molar-refractivity contribution in [1.82, 2.24) is 0 Å². The number of rotatable bonds is 7. The van der Waals surface area contributed by atoms with Crippen LogP contribution in [0.5, 0.6) is 0 Å². The van der Waals surface area contributed by atoms with Crippen LogP contribution in [0.3, 0.4) is 0 Å². The quantitative estimate of drug-likeness (QED) is 0.433. The van der Waals surface area contributed by atoms with Crippen molar-refractivity contribution < 1.29 is 16.9 Å². The normalized spacial score (nSPS) is 11.1. The van der Waals surface area contributed by atoms with Gasteiger partial charge < -0.3 is 16.9 Å². The molecular formula is C8H17Cl4N.